The first-order valence-corrected chi connectivity index (χ1v) is 16.6. The summed E-state index contributed by atoms with van der Waals surface area (Å²) in [5.74, 6) is 1.52. The Labute approximate surface area is 269 Å². The van der Waals surface area contributed by atoms with Crippen LogP contribution in [0.4, 0.5) is 0 Å². The number of likely N-dealkylation sites (tertiary alicyclic amines) is 1. The van der Waals surface area contributed by atoms with Gasteiger partial charge in [-0.05, 0) is 105 Å². The number of piperidine rings is 1. The van der Waals surface area contributed by atoms with Crippen LogP contribution < -0.4 is 15.5 Å². The molecule has 2 fully saturated rings. The highest BCUT2D eigenvalue weighted by Crippen LogP contribution is 2.47. The fraction of sp³-hybridized carbons (Fsp3) is 0.514. The Bertz CT molecular complexity index is 1580. The average Bonchev–Trinajstić information content (AvgIpc) is 3.58. The van der Waals surface area contributed by atoms with Crippen molar-refractivity contribution < 1.29 is 14.3 Å². The molecule has 0 bridgehead atoms. The molecule has 45 heavy (non-hydrogen) atoms. The summed E-state index contributed by atoms with van der Waals surface area (Å²) in [4.78, 5) is 19.7. The molecule has 6 rings (SSSR count). The summed E-state index contributed by atoms with van der Waals surface area (Å²) in [6, 6.07) is 14.2. The zero-order chi connectivity index (χ0) is 31.2. The first kappa shape index (κ1) is 31.7. The van der Waals surface area contributed by atoms with E-state index in [1.54, 1.807) is 31.6 Å². The molecule has 1 saturated heterocycles. The van der Waals surface area contributed by atoms with E-state index in [4.69, 9.17) is 20.8 Å². The summed E-state index contributed by atoms with van der Waals surface area (Å²) in [5, 5.41) is 20.2. The van der Waals surface area contributed by atoms with Crippen LogP contribution in [0.3, 0.4) is 0 Å². The minimum atomic E-state index is -1.13. The predicted octanol–water partition coefficient (Wildman–Crippen LogP) is 5.99. The molecule has 3 heterocycles. The van der Waals surface area contributed by atoms with E-state index in [1.807, 2.05) is 35.3 Å². The number of hydrogen-bond donors (Lipinski definition) is 2. The molecule has 0 amide bonds. The third-order valence-electron chi connectivity index (χ3n) is 10.1. The molecule has 2 aromatic heterocycles. The SMILES string of the molecule is COc1ccc2oc(C(O)N[C@H](CCN3CCC(Cn4cncn4)(C4CCCCC4)CC3)Cc3ccc(Cl)cc3)cc(=O)c2c1. The van der Waals surface area contributed by atoms with Gasteiger partial charge < -0.3 is 19.2 Å². The quantitative estimate of drug-likeness (QED) is 0.183. The van der Waals surface area contributed by atoms with Gasteiger partial charge in [0.2, 0.25) is 0 Å². The number of benzene rings is 2. The van der Waals surface area contributed by atoms with Gasteiger partial charge in [-0.3, -0.25) is 14.8 Å². The van der Waals surface area contributed by atoms with E-state index in [1.165, 1.54) is 38.2 Å². The molecule has 2 aromatic carbocycles. The van der Waals surface area contributed by atoms with Crippen LogP contribution >= 0.6 is 11.6 Å². The fourth-order valence-electron chi connectivity index (χ4n) is 7.48. The Hall–Kier alpha value is -3.24. The van der Waals surface area contributed by atoms with Crippen LogP contribution in [0.5, 0.6) is 5.75 Å². The number of nitrogens with one attached hydrogen (secondary N) is 1. The van der Waals surface area contributed by atoms with E-state index in [9.17, 15) is 9.90 Å². The van der Waals surface area contributed by atoms with Crippen LogP contribution in [0, 0.1) is 11.3 Å². The molecule has 4 aromatic rings. The zero-order valence-electron chi connectivity index (χ0n) is 26.0. The average molecular weight is 634 g/mol. The van der Waals surface area contributed by atoms with Crippen LogP contribution in [0.15, 0.2) is 70.4 Å². The molecule has 1 aliphatic heterocycles. The van der Waals surface area contributed by atoms with E-state index in [0.29, 0.717) is 28.2 Å². The molecular weight excluding hydrogens is 590 g/mol. The number of aliphatic hydroxyl groups is 1. The Kier molecular flexibility index (Phi) is 10.2. The van der Waals surface area contributed by atoms with Crippen molar-refractivity contribution in [3.8, 4) is 5.75 Å². The lowest BCUT2D eigenvalue weighted by molar-refractivity contribution is 0.00950. The largest absolute Gasteiger partial charge is 0.497 e. The van der Waals surface area contributed by atoms with Crippen molar-refractivity contribution in [2.24, 2.45) is 11.3 Å². The van der Waals surface area contributed by atoms with Crippen LogP contribution in [0.1, 0.15) is 68.9 Å². The molecular formula is C35H44ClN5O4. The first-order chi connectivity index (χ1) is 21.9. The lowest BCUT2D eigenvalue weighted by Gasteiger charge is -2.48. The van der Waals surface area contributed by atoms with Crippen LogP contribution in [-0.2, 0) is 13.0 Å². The van der Waals surface area contributed by atoms with Gasteiger partial charge in [0.15, 0.2) is 17.4 Å². The van der Waals surface area contributed by atoms with Crippen molar-refractivity contribution in [2.45, 2.75) is 76.6 Å². The highest BCUT2D eigenvalue weighted by Gasteiger charge is 2.42. The van der Waals surface area contributed by atoms with E-state index in [0.717, 1.165) is 56.9 Å². The molecule has 10 heteroatoms. The second kappa shape index (κ2) is 14.5. The summed E-state index contributed by atoms with van der Waals surface area (Å²) in [7, 11) is 1.56. The molecule has 2 N–H and O–H groups in total. The normalized spacial score (nSPS) is 19.0. The van der Waals surface area contributed by atoms with Gasteiger partial charge in [-0.2, -0.15) is 5.10 Å². The van der Waals surface area contributed by atoms with Gasteiger partial charge in [-0.1, -0.05) is 43.0 Å². The van der Waals surface area contributed by atoms with Gasteiger partial charge in [0.1, 0.15) is 24.0 Å². The number of hydrogen-bond acceptors (Lipinski definition) is 8. The number of methoxy groups -OCH3 is 1. The Morgan fingerprint density at radius 1 is 1.11 bits per heavy atom. The summed E-state index contributed by atoms with van der Waals surface area (Å²) >= 11 is 6.16. The number of fused-ring (bicyclic) bond motifs is 1. The van der Waals surface area contributed by atoms with Crippen LogP contribution in [0.2, 0.25) is 5.02 Å². The summed E-state index contributed by atoms with van der Waals surface area (Å²) in [6.07, 6.45) is 12.9. The maximum atomic E-state index is 12.9. The summed E-state index contributed by atoms with van der Waals surface area (Å²) < 4.78 is 13.3. The smallest absolute Gasteiger partial charge is 0.193 e. The van der Waals surface area contributed by atoms with Gasteiger partial charge in [0, 0.05) is 23.7 Å². The third-order valence-corrected chi connectivity index (χ3v) is 10.3. The zero-order valence-corrected chi connectivity index (χ0v) is 26.8. The van der Waals surface area contributed by atoms with E-state index >= 15 is 0 Å². The molecule has 2 aliphatic rings. The number of aliphatic hydroxyl groups excluding tert-OH is 1. The lowest BCUT2D eigenvalue weighted by atomic mass is 9.63. The van der Waals surface area contributed by atoms with Gasteiger partial charge in [0.25, 0.3) is 0 Å². The Morgan fingerprint density at radius 2 is 1.89 bits per heavy atom. The van der Waals surface area contributed by atoms with Crippen LogP contribution in [-0.4, -0.2) is 57.6 Å². The van der Waals surface area contributed by atoms with E-state index in [-0.39, 0.29) is 22.6 Å². The van der Waals surface area contributed by atoms with Gasteiger partial charge in [-0.15, -0.1) is 0 Å². The van der Waals surface area contributed by atoms with Crippen molar-refractivity contribution in [1.82, 2.24) is 25.0 Å². The second-order valence-electron chi connectivity index (χ2n) is 12.9. The monoisotopic (exact) mass is 633 g/mol. The number of halogens is 1. The van der Waals surface area contributed by atoms with Crippen molar-refractivity contribution in [2.75, 3.05) is 26.7 Å². The topological polar surface area (TPSA) is 106 Å². The third kappa shape index (κ3) is 7.77. The maximum Gasteiger partial charge on any atom is 0.193 e. The van der Waals surface area contributed by atoms with Crippen LogP contribution in [0.25, 0.3) is 11.0 Å². The number of nitrogens with zero attached hydrogens (tertiary/aromatic N) is 4. The second-order valence-corrected chi connectivity index (χ2v) is 13.3. The minimum Gasteiger partial charge on any atom is -0.497 e. The van der Waals surface area contributed by atoms with Crippen molar-refractivity contribution >= 4 is 22.6 Å². The standard InChI is InChI=1S/C35H44ClN5O4/c1-44-29-11-12-32-30(20-29)31(42)21-33(45-32)34(43)39-28(19-25-7-9-27(36)10-8-25)13-16-40-17-14-35(15-18-40,22-41-24-37-23-38-41)26-5-3-2-4-6-26/h7-12,20-21,23-24,26,28,34,39,43H,2-6,13-19,22H2,1H3/t28-,34?/m1/s1. The number of aromatic nitrogens is 3. The van der Waals surface area contributed by atoms with E-state index in [2.05, 4.69) is 20.3 Å². The molecule has 1 aliphatic carbocycles. The predicted molar refractivity (Wildman–Crippen MR) is 175 cm³/mol. The first-order valence-electron chi connectivity index (χ1n) is 16.3. The van der Waals surface area contributed by atoms with Gasteiger partial charge >= 0.3 is 0 Å². The van der Waals surface area contributed by atoms with Crippen molar-refractivity contribution in [1.29, 1.82) is 0 Å². The summed E-state index contributed by atoms with van der Waals surface area (Å²) in [5.41, 5.74) is 1.58. The molecule has 240 valence electrons. The summed E-state index contributed by atoms with van der Waals surface area (Å²) in [6.45, 7) is 3.94. The van der Waals surface area contributed by atoms with Gasteiger partial charge in [-0.25, -0.2) is 4.98 Å². The molecule has 1 saturated carbocycles. The molecule has 0 spiro atoms. The molecule has 9 nitrogen and oxygen atoms in total. The number of rotatable bonds is 12. The minimum absolute atomic E-state index is 0.0572. The van der Waals surface area contributed by atoms with Crippen molar-refractivity contribution in [3.05, 3.63) is 87.8 Å². The highest BCUT2D eigenvalue weighted by atomic mass is 35.5. The van der Waals surface area contributed by atoms with E-state index < -0.39 is 6.23 Å². The number of ether oxygens (including phenoxy) is 1. The highest BCUT2D eigenvalue weighted by molar-refractivity contribution is 6.30. The molecule has 0 radical (unpaired) electrons. The fourth-order valence-corrected chi connectivity index (χ4v) is 7.60. The molecule has 2 atom stereocenters. The Balaban J connectivity index is 1.13. The lowest BCUT2D eigenvalue weighted by Crippen LogP contribution is -2.48. The maximum absolute atomic E-state index is 12.9. The molecule has 1 unspecified atom stereocenters. The Morgan fingerprint density at radius 3 is 2.60 bits per heavy atom. The van der Waals surface area contributed by atoms with Gasteiger partial charge in [0.05, 0.1) is 12.5 Å². The van der Waals surface area contributed by atoms with Crippen molar-refractivity contribution in [3.63, 3.8) is 0 Å².